The number of aryl methyl sites for hydroxylation is 1. The van der Waals surface area contributed by atoms with E-state index in [0.717, 1.165) is 25.1 Å². The van der Waals surface area contributed by atoms with Gasteiger partial charge in [0.25, 0.3) is 0 Å². The molecule has 0 aliphatic carbocycles. The number of nitrogens with zero attached hydrogens (tertiary/aromatic N) is 2. The van der Waals surface area contributed by atoms with Crippen molar-refractivity contribution in [1.29, 1.82) is 0 Å². The van der Waals surface area contributed by atoms with Gasteiger partial charge in [-0.2, -0.15) is 0 Å². The van der Waals surface area contributed by atoms with Crippen LogP contribution in [0.1, 0.15) is 44.6 Å². The fraction of sp³-hybridized carbons (Fsp3) is 0.429. The Bertz CT molecular complexity index is 669. The quantitative estimate of drug-likeness (QED) is 0.848. The molecule has 1 aliphatic rings. The highest BCUT2D eigenvalue weighted by molar-refractivity contribution is 5.89. The van der Waals surface area contributed by atoms with Crippen molar-refractivity contribution in [3.05, 3.63) is 54.2 Å². The third-order valence-electron chi connectivity index (χ3n) is 4.93. The number of amides is 1. The molecular weight excluding hydrogens is 310 g/mol. The fourth-order valence-electron chi connectivity index (χ4n) is 3.50. The molecule has 25 heavy (non-hydrogen) atoms. The summed E-state index contributed by atoms with van der Waals surface area (Å²) in [5.74, 6) is 0.639. The zero-order valence-electron chi connectivity index (χ0n) is 14.9. The van der Waals surface area contributed by atoms with Crippen molar-refractivity contribution in [2.45, 2.75) is 51.5 Å². The Morgan fingerprint density at radius 2 is 2.04 bits per heavy atom. The number of rotatable bonds is 6. The standard InChI is InChI=1S/C21H27N3O/c1-2-18-10-6-7-15-24(18)19-12-13-20(22-16-19)23-21(25)14-11-17-8-4-3-5-9-17/h3-5,8-9,12-13,16,18H,2,6-7,10-11,14-15H2,1H3,(H,22,23,25). The first kappa shape index (κ1) is 17.5. The summed E-state index contributed by atoms with van der Waals surface area (Å²) in [4.78, 5) is 19.0. The lowest BCUT2D eigenvalue weighted by Gasteiger charge is -2.37. The molecule has 1 aromatic heterocycles. The maximum atomic E-state index is 12.1. The molecule has 1 unspecified atom stereocenters. The smallest absolute Gasteiger partial charge is 0.225 e. The van der Waals surface area contributed by atoms with Crippen LogP contribution < -0.4 is 10.2 Å². The SMILES string of the molecule is CCC1CCCCN1c1ccc(NC(=O)CCc2ccccc2)nc1. The zero-order valence-corrected chi connectivity index (χ0v) is 14.9. The van der Waals surface area contributed by atoms with Gasteiger partial charge in [0.15, 0.2) is 0 Å². The third kappa shape index (κ3) is 4.81. The average molecular weight is 337 g/mol. The molecule has 4 nitrogen and oxygen atoms in total. The van der Waals surface area contributed by atoms with Gasteiger partial charge in [-0.1, -0.05) is 37.3 Å². The normalized spacial score (nSPS) is 17.3. The van der Waals surface area contributed by atoms with Crippen molar-refractivity contribution < 1.29 is 4.79 Å². The summed E-state index contributed by atoms with van der Waals surface area (Å²) in [6.45, 7) is 3.35. The third-order valence-corrected chi connectivity index (χ3v) is 4.93. The van der Waals surface area contributed by atoms with Crippen molar-refractivity contribution in [3.8, 4) is 0 Å². The van der Waals surface area contributed by atoms with E-state index in [2.05, 4.69) is 28.2 Å². The predicted molar refractivity (Wildman–Crippen MR) is 103 cm³/mol. The molecule has 132 valence electrons. The first-order chi connectivity index (χ1) is 12.3. The Morgan fingerprint density at radius 3 is 2.76 bits per heavy atom. The Kier molecular flexibility index (Phi) is 6.04. The number of nitrogens with one attached hydrogen (secondary N) is 1. The van der Waals surface area contributed by atoms with Crippen molar-refractivity contribution in [2.24, 2.45) is 0 Å². The second-order valence-corrected chi connectivity index (χ2v) is 6.69. The highest BCUT2D eigenvalue weighted by atomic mass is 16.1. The molecule has 2 heterocycles. The van der Waals surface area contributed by atoms with Gasteiger partial charge in [-0.3, -0.25) is 4.79 Å². The molecule has 1 atom stereocenters. The van der Waals surface area contributed by atoms with Crippen LogP contribution in [0.25, 0.3) is 0 Å². The van der Waals surface area contributed by atoms with Gasteiger partial charge in [0, 0.05) is 19.0 Å². The largest absolute Gasteiger partial charge is 0.367 e. The van der Waals surface area contributed by atoms with E-state index in [1.54, 1.807) is 0 Å². The lowest BCUT2D eigenvalue weighted by Crippen LogP contribution is -2.39. The molecule has 2 aromatic rings. The molecule has 1 saturated heterocycles. The number of hydrogen-bond donors (Lipinski definition) is 1. The number of anilines is 2. The Balaban J connectivity index is 1.54. The number of carbonyl (C=O) groups excluding carboxylic acids is 1. The van der Waals surface area contributed by atoms with E-state index >= 15 is 0 Å². The molecule has 1 fully saturated rings. The fourth-order valence-corrected chi connectivity index (χ4v) is 3.50. The Morgan fingerprint density at radius 1 is 1.20 bits per heavy atom. The van der Waals surface area contributed by atoms with Crippen LogP contribution >= 0.6 is 0 Å². The summed E-state index contributed by atoms with van der Waals surface area (Å²) in [5.41, 5.74) is 2.34. The monoisotopic (exact) mass is 337 g/mol. The molecule has 1 aliphatic heterocycles. The molecule has 4 heteroatoms. The van der Waals surface area contributed by atoms with E-state index in [-0.39, 0.29) is 5.91 Å². The molecule has 0 spiro atoms. The van der Waals surface area contributed by atoms with Gasteiger partial charge in [-0.05, 0) is 49.8 Å². The second kappa shape index (κ2) is 8.65. The van der Waals surface area contributed by atoms with E-state index in [0.29, 0.717) is 18.3 Å². The van der Waals surface area contributed by atoms with Crippen LogP contribution in [0.2, 0.25) is 0 Å². The molecular formula is C21H27N3O. The highest BCUT2D eigenvalue weighted by Crippen LogP contribution is 2.26. The van der Waals surface area contributed by atoms with Crippen molar-refractivity contribution in [1.82, 2.24) is 4.98 Å². The molecule has 0 radical (unpaired) electrons. The highest BCUT2D eigenvalue weighted by Gasteiger charge is 2.21. The number of hydrogen-bond acceptors (Lipinski definition) is 3. The number of carbonyl (C=O) groups is 1. The van der Waals surface area contributed by atoms with Crippen LogP contribution in [0.15, 0.2) is 48.7 Å². The van der Waals surface area contributed by atoms with Gasteiger partial charge in [0.2, 0.25) is 5.91 Å². The summed E-state index contributed by atoms with van der Waals surface area (Å²) in [6.07, 6.45) is 8.09. The zero-order chi connectivity index (χ0) is 17.5. The summed E-state index contributed by atoms with van der Waals surface area (Å²) in [5, 5.41) is 2.90. The maximum absolute atomic E-state index is 12.1. The first-order valence-corrected chi connectivity index (χ1v) is 9.32. The molecule has 0 bridgehead atoms. The van der Waals surface area contributed by atoms with Crippen molar-refractivity contribution >= 4 is 17.4 Å². The van der Waals surface area contributed by atoms with Crippen LogP contribution in [-0.4, -0.2) is 23.5 Å². The lowest BCUT2D eigenvalue weighted by molar-refractivity contribution is -0.116. The molecule has 0 saturated carbocycles. The average Bonchev–Trinajstić information content (AvgIpc) is 2.68. The van der Waals surface area contributed by atoms with Gasteiger partial charge in [-0.25, -0.2) is 4.98 Å². The second-order valence-electron chi connectivity index (χ2n) is 6.69. The lowest BCUT2D eigenvalue weighted by atomic mass is 9.99. The number of benzene rings is 1. The van der Waals surface area contributed by atoms with E-state index in [4.69, 9.17) is 0 Å². The van der Waals surface area contributed by atoms with Gasteiger partial charge >= 0.3 is 0 Å². The van der Waals surface area contributed by atoms with Crippen LogP contribution in [0, 0.1) is 0 Å². The minimum absolute atomic E-state index is 0.00788. The number of aromatic nitrogens is 1. The molecule has 1 amide bonds. The van der Waals surface area contributed by atoms with Gasteiger partial charge in [0.05, 0.1) is 11.9 Å². The summed E-state index contributed by atoms with van der Waals surface area (Å²) < 4.78 is 0. The summed E-state index contributed by atoms with van der Waals surface area (Å²) >= 11 is 0. The van der Waals surface area contributed by atoms with Crippen LogP contribution in [0.4, 0.5) is 11.5 Å². The summed E-state index contributed by atoms with van der Waals surface area (Å²) in [6, 6.07) is 14.7. The topological polar surface area (TPSA) is 45.2 Å². The minimum Gasteiger partial charge on any atom is -0.367 e. The van der Waals surface area contributed by atoms with Crippen LogP contribution in [0.5, 0.6) is 0 Å². The Labute approximate surface area is 150 Å². The van der Waals surface area contributed by atoms with Crippen molar-refractivity contribution in [2.75, 3.05) is 16.8 Å². The molecule has 3 rings (SSSR count). The first-order valence-electron chi connectivity index (χ1n) is 9.32. The van der Waals surface area contributed by atoms with Gasteiger partial charge in [0.1, 0.15) is 5.82 Å². The van der Waals surface area contributed by atoms with E-state index in [1.807, 2.05) is 42.6 Å². The van der Waals surface area contributed by atoms with Gasteiger partial charge in [-0.15, -0.1) is 0 Å². The van der Waals surface area contributed by atoms with Crippen LogP contribution in [0.3, 0.4) is 0 Å². The molecule has 1 N–H and O–H groups in total. The predicted octanol–water partition coefficient (Wildman–Crippen LogP) is 4.42. The molecule has 1 aromatic carbocycles. The van der Waals surface area contributed by atoms with Gasteiger partial charge < -0.3 is 10.2 Å². The van der Waals surface area contributed by atoms with Crippen LogP contribution in [-0.2, 0) is 11.2 Å². The minimum atomic E-state index is 0.00788. The Hall–Kier alpha value is -2.36. The summed E-state index contributed by atoms with van der Waals surface area (Å²) in [7, 11) is 0. The van der Waals surface area contributed by atoms with E-state index in [9.17, 15) is 4.79 Å². The number of piperidine rings is 1. The number of pyridine rings is 1. The van der Waals surface area contributed by atoms with Crippen molar-refractivity contribution in [3.63, 3.8) is 0 Å². The van der Waals surface area contributed by atoms with E-state index in [1.165, 1.54) is 24.8 Å². The maximum Gasteiger partial charge on any atom is 0.225 e. The van der Waals surface area contributed by atoms with E-state index < -0.39 is 0 Å².